The van der Waals surface area contributed by atoms with Crippen molar-refractivity contribution in [2.24, 2.45) is 10.1 Å². The lowest BCUT2D eigenvalue weighted by atomic mass is 10.1. The lowest BCUT2D eigenvalue weighted by Gasteiger charge is -2.21. The highest BCUT2D eigenvalue weighted by molar-refractivity contribution is 7.99. The zero-order valence-corrected chi connectivity index (χ0v) is 20.7. The number of hydrogen-bond donors (Lipinski definition) is 2. The number of aromatic nitrogens is 1. The lowest BCUT2D eigenvalue weighted by molar-refractivity contribution is -0.118. The molecule has 3 aromatic carbocycles. The minimum absolute atomic E-state index is 0.0346. The molecule has 9 heteroatoms. The maximum Gasteiger partial charge on any atom is 0.262 e. The molecule has 0 unspecified atom stereocenters. The predicted octanol–water partition coefficient (Wildman–Crippen LogP) is 5.56. The molecule has 2 aliphatic rings. The van der Waals surface area contributed by atoms with E-state index >= 15 is 0 Å². The number of fused-ring (bicyclic) bond motifs is 3. The Hall–Kier alpha value is -3.82. The van der Waals surface area contributed by atoms with Crippen LogP contribution in [-0.2, 0) is 4.79 Å². The summed E-state index contributed by atoms with van der Waals surface area (Å²) in [5.74, 6) is 0.504. The maximum atomic E-state index is 11.8. The third-order valence-electron chi connectivity index (χ3n) is 5.81. The second kappa shape index (κ2) is 8.75. The van der Waals surface area contributed by atoms with Crippen LogP contribution in [0.25, 0.3) is 11.3 Å². The standard InChI is InChI=1S/C26H21N5O2S2/c1-15(16-8-10-24-20(11-16)28-18-5-3-4-6-23(18)35-24)30-31-21(14-34-26(31)27-2)17-7-9-22-19(12-17)29-25(32)13-33-22/h3-12,14,28H,13H2,1-2H3,(H,29,32). The quantitative estimate of drug-likeness (QED) is 0.319. The normalized spacial score (nSPS) is 14.9. The van der Waals surface area contributed by atoms with E-state index in [1.165, 1.54) is 21.1 Å². The first kappa shape index (κ1) is 21.7. The molecule has 1 aromatic heterocycles. The molecule has 0 radical (unpaired) electrons. The van der Waals surface area contributed by atoms with Gasteiger partial charge < -0.3 is 15.4 Å². The summed E-state index contributed by atoms with van der Waals surface area (Å²) in [5, 5.41) is 13.4. The molecule has 3 heterocycles. The number of nitrogens with zero attached hydrogens (tertiary/aromatic N) is 3. The van der Waals surface area contributed by atoms with Crippen molar-refractivity contribution >= 4 is 51.8 Å². The zero-order chi connectivity index (χ0) is 23.9. The second-order valence-corrected chi connectivity index (χ2v) is 10.0. The van der Waals surface area contributed by atoms with Crippen LogP contribution in [0.1, 0.15) is 12.5 Å². The number of anilines is 3. The largest absolute Gasteiger partial charge is 0.482 e. The average Bonchev–Trinajstić information content (AvgIpc) is 3.29. The summed E-state index contributed by atoms with van der Waals surface area (Å²) in [5.41, 5.74) is 6.53. The van der Waals surface area contributed by atoms with Crippen molar-refractivity contribution in [3.63, 3.8) is 0 Å². The number of thiazole rings is 1. The first-order valence-electron chi connectivity index (χ1n) is 11.0. The molecule has 2 aliphatic heterocycles. The molecule has 0 fully saturated rings. The van der Waals surface area contributed by atoms with E-state index in [1.807, 2.05) is 41.2 Å². The highest BCUT2D eigenvalue weighted by Gasteiger charge is 2.19. The molecule has 0 atom stereocenters. The van der Waals surface area contributed by atoms with Crippen LogP contribution in [-0.4, -0.2) is 29.9 Å². The summed E-state index contributed by atoms with van der Waals surface area (Å²) < 4.78 is 7.35. The Morgan fingerprint density at radius 2 is 1.86 bits per heavy atom. The van der Waals surface area contributed by atoms with Gasteiger partial charge in [-0.15, -0.1) is 11.3 Å². The van der Waals surface area contributed by atoms with Crippen molar-refractivity contribution < 1.29 is 9.53 Å². The van der Waals surface area contributed by atoms with Crippen LogP contribution in [0.2, 0.25) is 0 Å². The van der Waals surface area contributed by atoms with Crippen LogP contribution >= 0.6 is 23.1 Å². The number of nitrogens with one attached hydrogen (secondary N) is 2. The van der Waals surface area contributed by atoms with Gasteiger partial charge in [0, 0.05) is 27.8 Å². The minimum Gasteiger partial charge on any atom is -0.482 e. The summed E-state index contributed by atoms with van der Waals surface area (Å²) in [6.07, 6.45) is 0. The number of amides is 1. The molecule has 0 spiro atoms. The highest BCUT2D eigenvalue weighted by Crippen LogP contribution is 2.44. The van der Waals surface area contributed by atoms with Gasteiger partial charge in [-0.2, -0.15) is 5.10 Å². The topological polar surface area (TPSA) is 80.0 Å². The van der Waals surface area contributed by atoms with Crippen LogP contribution in [0, 0.1) is 0 Å². The van der Waals surface area contributed by atoms with Crippen molar-refractivity contribution in [3.8, 4) is 17.0 Å². The molecule has 7 nitrogen and oxygen atoms in total. The van der Waals surface area contributed by atoms with Crippen molar-refractivity contribution in [2.75, 3.05) is 24.3 Å². The van der Waals surface area contributed by atoms with Gasteiger partial charge in [-0.3, -0.25) is 9.79 Å². The van der Waals surface area contributed by atoms with Crippen LogP contribution in [0.5, 0.6) is 5.75 Å². The van der Waals surface area contributed by atoms with Gasteiger partial charge in [-0.25, -0.2) is 4.68 Å². The fourth-order valence-electron chi connectivity index (χ4n) is 4.06. The van der Waals surface area contributed by atoms with E-state index in [2.05, 4.69) is 52.0 Å². The molecular weight excluding hydrogens is 478 g/mol. The summed E-state index contributed by atoms with van der Waals surface area (Å²) in [7, 11) is 1.76. The molecule has 1 amide bonds. The van der Waals surface area contributed by atoms with E-state index in [0.717, 1.165) is 38.7 Å². The first-order chi connectivity index (χ1) is 17.1. The number of benzene rings is 3. The molecule has 35 heavy (non-hydrogen) atoms. The van der Waals surface area contributed by atoms with Crippen molar-refractivity contribution in [1.82, 2.24) is 4.68 Å². The second-order valence-electron chi connectivity index (χ2n) is 8.11. The van der Waals surface area contributed by atoms with Gasteiger partial charge in [0.25, 0.3) is 5.91 Å². The average molecular weight is 500 g/mol. The third kappa shape index (κ3) is 4.02. The minimum atomic E-state index is -0.159. The van der Waals surface area contributed by atoms with E-state index in [1.54, 1.807) is 18.8 Å². The number of para-hydroxylation sites is 1. The summed E-state index contributed by atoms with van der Waals surface area (Å²) >= 11 is 3.28. The monoisotopic (exact) mass is 499 g/mol. The summed E-state index contributed by atoms with van der Waals surface area (Å²) in [6, 6.07) is 20.4. The Kier molecular flexibility index (Phi) is 5.43. The van der Waals surface area contributed by atoms with Crippen molar-refractivity contribution in [1.29, 1.82) is 0 Å². The van der Waals surface area contributed by atoms with Crippen LogP contribution < -0.4 is 20.2 Å². The van der Waals surface area contributed by atoms with Gasteiger partial charge >= 0.3 is 0 Å². The van der Waals surface area contributed by atoms with Gasteiger partial charge in [0.05, 0.1) is 28.5 Å². The van der Waals surface area contributed by atoms with E-state index < -0.39 is 0 Å². The SMILES string of the molecule is CN=c1scc(-c2ccc3c(c2)NC(=O)CO3)n1N=C(C)c1ccc2c(c1)Nc1ccccc1S2. The molecule has 0 saturated carbocycles. The molecule has 174 valence electrons. The number of rotatable bonds is 3. The van der Waals surface area contributed by atoms with E-state index in [9.17, 15) is 4.79 Å². The molecule has 6 rings (SSSR count). The molecular formula is C26H21N5O2S2. The highest BCUT2D eigenvalue weighted by atomic mass is 32.2. The van der Waals surface area contributed by atoms with Crippen molar-refractivity contribution in [2.45, 2.75) is 16.7 Å². The number of hydrogen-bond acceptors (Lipinski definition) is 7. The maximum absolute atomic E-state index is 11.8. The Labute approximate surface area is 210 Å². The van der Waals surface area contributed by atoms with E-state index in [-0.39, 0.29) is 12.5 Å². The Morgan fingerprint density at radius 1 is 1.00 bits per heavy atom. The smallest absolute Gasteiger partial charge is 0.262 e. The van der Waals surface area contributed by atoms with Gasteiger partial charge in [-0.05, 0) is 55.0 Å². The molecule has 4 aromatic rings. The van der Waals surface area contributed by atoms with Crippen LogP contribution in [0.4, 0.5) is 17.1 Å². The zero-order valence-electron chi connectivity index (χ0n) is 19.0. The first-order valence-corrected chi connectivity index (χ1v) is 12.7. The third-order valence-corrected chi connectivity index (χ3v) is 7.87. The molecule has 0 bridgehead atoms. The number of ether oxygens (including phenoxy) is 1. The lowest BCUT2D eigenvalue weighted by Crippen LogP contribution is -2.25. The van der Waals surface area contributed by atoms with Gasteiger partial charge in [-0.1, -0.05) is 30.0 Å². The van der Waals surface area contributed by atoms with Crippen molar-refractivity contribution in [3.05, 3.63) is 76.4 Å². The fourth-order valence-corrected chi connectivity index (χ4v) is 5.83. The molecule has 2 N–H and O–H groups in total. The van der Waals surface area contributed by atoms with Crippen LogP contribution in [0.3, 0.4) is 0 Å². The Balaban J connectivity index is 1.37. The molecule has 0 aliphatic carbocycles. The van der Waals surface area contributed by atoms with E-state index in [4.69, 9.17) is 9.84 Å². The Bertz CT molecular complexity index is 1580. The Morgan fingerprint density at radius 3 is 2.74 bits per heavy atom. The van der Waals surface area contributed by atoms with Gasteiger partial charge in [0.15, 0.2) is 6.61 Å². The number of carbonyl (C=O) groups is 1. The number of carbonyl (C=O) groups excluding carboxylic acids is 1. The predicted molar refractivity (Wildman–Crippen MR) is 141 cm³/mol. The van der Waals surface area contributed by atoms with Gasteiger partial charge in [0.1, 0.15) is 5.75 Å². The van der Waals surface area contributed by atoms with E-state index in [0.29, 0.717) is 11.4 Å². The summed E-state index contributed by atoms with van der Waals surface area (Å²) in [4.78, 5) is 19.4. The fraction of sp³-hybridized carbons (Fsp3) is 0.115. The summed E-state index contributed by atoms with van der Waals surface area (Å²) in [6.45, 7) is 2.04. The molecule has 0 saturated heterocycles. The van der Waals surface area contributed by atoms with Crippen LogP contribution in [0.15, 0.2) is 85.9 Å². The van der Waals surface area contributed by atoms with Gasteiger partial charge in [0.2, 0.25) is 4.80 Å².